The molecule has 4 aliphatic rings. The fourth-order valence-corrected chi connectivity index (χ4v) is 19.1. The SMILES string of the molecule is Cc1ccc2c(c1)Oc1cc(C)c3[c]4c1N2c1ccc(C)c2[c]1[Ge]4([c]1ccccc1)[c]1c(cc(C)cc1O3)O2. The van der Waals surface area contributed by atoms with Gasteiger partial charge in [0.25, 0.3) is 0 Å². The van der Waals surface area contributed by atoms with Gasteiger partial charge in [-0.3, -0.25) is 0 Å². The maximum atomic E-state index is 6.90. The molecule has 0 amide bonds. The molecule has 39 heavy (non-hydrogen) atoms. The molecule has 0 radical (unpaired) electrons. The van der Waals surface area contributed by atoms with Crippen LogP contribution in [0.3, 0.4) is 0 Å². The van der Waals surface area contributed by atoms with Crippen LogP contribution in [0.15, 0.2) is 78.9 Å². The second-order valence-corrected chi connectivity index (χ2v) is 18.7. The number of hydrogen-bond acceptors (Lipinski definition) is 4. The van der Waals surface area contributed by atoms with E-state index < -0.39 is 13.3 Å². The van der Waals surface area contributed by atoms with Crippen molar-refractivity contribution in [3.8, 4) is 34.5 Å². The molecule has 0 saturated heterocycles. The summed E-state index contributed by atoms with van der Waals surface area (Å²) >= 11 is -3.66. The number of nitrogens with zero attached hydrogens (tertiary/aromatic N) is 1. The molecule has 0 N–H and O–H groups in total. The quantitative estimate of drug-likeness (QED) is 0.215. The van der Waals surface area contributed by atoms with Gasteiger partial charge < -0.3 is 0 Å². The molecule has 0 bridgehead atoms. The summed E-state index contributed by atoms with van der Waals surface area (Å²) in [4.78, 5) is 2.41. The van der Waals surface area contributed by atoms with Crippen molar-refractivity contribution in [3.05, 3.63) is 101 Å². The van der Waals surface area contributed by atoms with E-state index in [0.29, 0.717) is 0 Å². The van der Waals surface area contributed by atoms with Crippen LogP contribution in [0.25, 0.3) is 0 Å². The van der Waals surface area contributed by atoms with Gasteiger partial charge in [-0.25, -0.2) is 0 Å². The van der Waals surface area contributed by atoms with E-state index in [1.165, 1.54) is 28.8 Å². The van der Waals surface area contributed by atoms with Crippen LogP contribution < -0.4 is 36.7 Å². The third-order valence-electron chi connectivity index (χ3n) is 8.74. The second-order valence-electron chi connectivity index (χ2n) is 11.2. The summed E-state index contributed by atoms with van der Waals surface area (Å²) in [5.41, 5.74) is 7.92. The van der Waals surface area contributed by atoms with Crippen molar-refractivity contribution in [1.29, 1.82) is 0 Å². The Hall–Kier alpha value is -4.16. The predicted octanol–water partition coefficient (Wildman–Crippen LogP) is 6.40. The minimum absolute atomic E-state index is 0.876. The van der Waals surface area contributed by atoms with E-state index >= 15 is 0 Å². The van der Waals surface area contributed by atoms with Gasteiger partial charge in [-0.05, 0) is 0 Å². The Balaban J connectivity index is 1.55. The van der Waals surface area contributed by atoms with Crippen LogP contribution in [0.5, 0.6) is 34.5 Å². The molecule has 5 aromatic carbocycles. The third-order valence-corrected chi connectivity index (χ3v) is 19.0. The summed E-state index contributed by atoms with van der Waals surface area (Å²) in [5, 5.41) is 0. The van der Waals surface area contributed by atoms with Gasteiger partial charge in [0.05, 0.1) is 0 Å². The molecule has 0 aromatic heterocycles. The molecule has 188 valence electrons. The van der Waals surface area contributed by atoms with Crippen LogP contribution in [0.4, 0.5) is 17.1 Å². The van der Waals surface area contributed by atoms with Gasteiger partial charge in [-0.2, -0.15) is 0 Å². The summed E-state index contributed by atoms with van der Waals surface area (Å²) in [6.45, 7) is 8.56. The first-order valence-corrected chi connectivity index (χ1v) is 17.6. The molecule has 4 nitrogen and oxygen atoms in total. The van der Waals surface area contributed by atoms with Gasteiger partial charge in [0.1, 0.15) is 0 Å². The summed E-state index contributed by atoms with van der Waals surface area (Å²) < 4.78 is 25.8. The summed E-state index contributed by atoms with van der Waals surface area (Å²) in [6, 6.07) is 28.7. The number of benzene rings is 5. The van der Waals surface area contributed by atoms with E-state index in [-0.39, 0.29) is 0 Å². The number of rotatable bonds is 1. The van der Waals surface area contributed by atoms with Crippen molar-refractivity contribution in [2.24, 2.45) is 0 Å². The molecule has 1 unspecified atom stereocenters. The molecule has 0 spiro atoms. The Morgan fingerprint density at radius 3 is 2.00 bits per heavy atom. The minimum atomic E-state index is -3.66. The van der Waals surface area contributed by atoms with E-state index in [1.807, 2.05) is 0 Å². The van der Waals surface area contributed by atoms with Crippen LogP contribution >= 0.6 is 0 Å². The first-order valence-electron chi connectivity index (χ1n) is 13.4. The fourth-order valence-electron chi connectivity index (χ4n) is 7.24. The first kappa shape index (κ1) is 21.7. The van der Waals surface area contributed by atoms with Gasteiger partial charge in [0.15, 0.2) is 0 Å². The van der Waals surface area contributed by atoms with Gasteiger partial charge in [-0.15, -0.1) is 0 Å². The van der Waals surface area contributed by atoms with Gasteiger partial charge in [-0.1, -0.05) is 0 Å². The molecule has 0 saturated carbocycles. The summed E-state index contributed by atoms with van der Waals surface area (Å²) in [5.74, 6) is 5.62. The number of fused-ring (bicyclic) bond motifs is 3. The zero-order valence-corrected chi connectivity index (χ0v) is 24.3. The molecule has 5 heteroatoms. The van der Waals surface area contributed by atoms with E-state index in [2.05, 4.69) is 111 Å². The number of ether oxygens (including phenoxy) is 3. The summed E-state index contributed by atoms with van der Waals surface area (Å²) in [6.07, 6.45) is 0. The Labute approximate surface area is 229 Å². The zero-order valence-electron chi connectivity index (χ0n) is 22.2. The summed E-state index contributed by atoms with van der Waals surface area (Å²) in [7, 11) is 0. The Kier molecular flexibility index (Phi) is 3.94. The third kappa shape index (κ3) is 2.47. The molecule has 4 heterocycles. The normalized spacial score (nSPS) is 17.9. The van der Waals surface area contributed by atoms with E-state index in [1.54, 1.807) is 0 Å². The van der Waals surface area contributed by atoms with Gasteiger partial charge >= 0.3 is 230 Å². The number of anilines is 3. The van der Waals surface area contributed by atoms with E-state index in [0.717, 1.165) is 62.6 Å². The van der Waals surface area contributed by atoms with Gasteiger partial charge in [0.2, 0.25) is 0 Å². The van der Waals surface area contributed by atoms with Gasteiger partial charge in [0, 0.05) is 0 Å². The zero-order chi connectivity index (χ0) is 26.2. The Morgan fingerprint density at radius 2 is 1.23 bits per heavy atom. The molecule has 4 aliphatic heterocycles. The van der Waals surface area contributed by atoms with Crippen molar-refractivity contribution in [2.45, 2.75) is 27.7 Å². The molecule has 5 aromatic rings. The van der Waals surface area contributed by atoms with Crippen LogP contribution in [-0.4, -0.2) is 13.3 Å². The number of hydrogen-bond donors (Lipinski definition) is 0. The standard InChI is InChI=1S/C34H25GeNO3/c1-18-10-12-23-25(14-18)37-28-17-21(4)34-31-32(28)36(23)24-13-11-20(3)33-29(24)35(31,22-8-6-5-7-9-22)30-26(38-33)15-19(2)16-27(30)39-34/h5-17H,1-4H3. The molecular weight excluding hydrogens is 543 g/mol. The van der Waals surface area contributed by atoms with Crippen LogP contribution in [-0.2, 0) is 0 Å². The predicted molar refractivity (Wildman–Crippen MR) is 157 cm³/mol. The topological polar surface area (TPSA) is 30.9 Å². The van der Waals surface area contributed by atoms with E-state index in [4.69, 9.17) is 14.2 Å². The van der Waals surface area contributed by atoms with Crippen molar-refractivity contribution in [1.82, 2.24) is 0 Å². The monoisotopic (exact) mass is 569 g/mol. The fraction of sp³-hybridized carbons (Fsp3) is 0.118. The Morgan fingerprint density at radius 1 is 0.538 bits per heavy atom. The van der Waals surface area contributed by atoms with Crippen molar-refractivity contribution < 1.29 is 14.2 Å². The second kappa shape index (κ2) is 7.07. The Bertz CT molecular complexity index is 1930. The van der Waals surface area contributed by atoms with Crippen LogP contribution in [0, 0.1) is 27.7 Å². The van der Waals surface area contributed by atoms with Crippen LogP contribution in [0.1, 0.15) is 22.3 Å². The number of aryl methyl sites for hydroxylation is 4. The molecule has 0 fully saturated rings. The average Bonchev–Trinajstić information content (AvgIpc) is 2.93. The average molecular weight is 568 g/mol. The molecular formula is C34H25GeNO3. The van der Waals surface area contributed by atoms with Crippen LogP contribution in [0.2, 0.25) is 0 Å². The molecule has 9 rings (SSSR count). The van der Waals surface area contributed by atoms with Crippen molar-refractivity contribution >= 4 is 47.9 Å². The van der Waals surface area contributed by atoms with E-state index in [9.17, 15) is 0 Å². The van der Waals surface area contributed by atoms with Crippen molar-refractivity contribution in [2.75, 3.05) is 4.90 Å². The maximum absolute atomic E-state index is 6.90. The van der Waals surface area contributed by atoms with Crippen molar-refractivity contribution in [3.63, 3.8) is 0 Å². The first-order chi connectivity index (χ1) is 19.0. The molecule has 0 aliphatic carbocycles. The molecule has 1 atom stereocenters.